The van der Waals surface area contributed by atoms with E-state index in [1.54, 1.807) is 72.1 Å². The molecule has 14 heteroatoms. The van der Waals surface area contributed by atoms with Gasteiger partial charge in [0, 0.05) is 43.8 Å². The highest BCUT2D eigenvalue weighted by Crippen LogP contribution is 2.35. The molecule has 0 bridgehead atoms. The number of anilines is 2. The number of fused-ring (bicyclic) bond motifs is 1. The van der Waals surface area contributed by atoms with E-state index in [1.165, 1.54) is 31.9 Å². The summed E-state index contributed by atoms with van der Waals surface area (Å²) in [5.74, 6) is -1.20. The zero-order valence-electron chi connectivity index (χ0n) is 24.7. The van der Waals surface area contributed by atoms with Crippen molar-refractivity contribution in [3.63, 3.8) is 0 Å². The summed E-state index contributed by atoms with van der Waals surface area (Å²) in [5, 5.41) is 4.72. The number of ether oxygens (including phenoxy) is 1. The van der Waals surface area contributed by atoms with E-state index >= 15 is 0 Å². The van der Waals surface area contributed by atoms with Gasteiger partial charge in [-0.1, -0.05) is 46.9 Å². The van der Waals surface area contributed by atoms with E-state index in [1.807, 2.05) is 0 Å². The van der Waals surface area contributed by atoms with Crippen molar-refractivity contribution in [2.24, 2.45) is 0 Å². The minimum absolute atomic E-state index is 0.000724. The maximum absolute atomic E-state index is 12.9. The first-order chi connectivity index (χ1) is 21.4. The number of nitrogens with one attached hydrogen (secondary N) is 2. The first-order valence-electron chi connectivity index (χ1n) is 13.5. The van der Waals surface area contributed by atoms with Crippen molar-refractivity contribution in [2.45, 2.75) is 27.4 Å². The van der Waals surface area contributed by atoms with Gasteiger partial charge in [0.25, 0.3) is 0 Å². The summed E-state index contributed by atoms with van der Waals surface area (Å²) in [6, 6.07) is 13.3. The summed E-state index contributed by atoms with van der Waals surface area (Å²) in [7, 11) is 1.53. The summed E-state index contributed by atoms with van der Waals surface area (Å²) in [4.78, 5) is 54.3. The molecule has 0 saturated heterocycles. The van der Waals surface area contributed by atoms with Crippen LogP contribution in [-0.4, -0.2) is 46.6 Å². The van der Waals surface area contributed by atoms with Crippen molar-refractivity contribution in [2.75, 3.05) is 23.5 Å². The van der Waals surface area contributed by atoms with Crippen LogP contribution in [0, 0.1) is 6.92 Å². The lowest BCUT2D eigenvalue weighted by atomic mass is 10.2. The molecule has 4 aromatic rings. The highest BCUT2D eigenvalue weighted by atomic mass is 35.5. The number of nitrogens with zero attached hydrogens (tertiary/aromatic N) is 4. The molecule has 0 atom stereocenters. The number of hydrazine groups is 1. The highest BCUT2D eigenvalue weighted by molar-refractivity contribution is 6.38. The number of likely N-dealkylation sites (N-methyl/N-ethyl adjacent to an activating group) is 1. The van der Waals surface area contributed by atoms with E-state index in [0.29, 0.717) is 49.8 Å². The molecule has 234 valence electrons. The van der Waals surface area contributed by atoms with Crippen molar-refractivity contribution in [1.82, 2.24) is 20.1 Å². The minimum atomic E-state index is -0.496. The molecule has 0 aliphatic carbocycles. The van der Waals surface area contributed by atoms with Crippen LogP contribution in [0.3, 0.4) is 0 Å². The maximum atomic E-state index is 12.9. The van der Waals surface area contributed by atoms with Gasteiger partial charge in [0.05, 0.1) is 28.6 Å². The van der Waals surface area contributed by atoms with Crippen LogP contribution in [-0.2, 0) is 25.8 Å². The Morgan fingerprint density at radius 3 is 2.40 bits per heavy atom. The predicted molar refractivity (Wildman–Crippen MR) is 175 cm³/mol. The fraction of sp³-hybridized carbons (Fsp3) is 0.194. The first kappa shape index (κ1) is 33.3. The lowest BCUT2D eigenvalue weighted by Gasteiger charge is -2.21. The highest BCUT2D eigenvalue weighted by Gasteiger charge is 2.20. The Morgan fingerprint density at radius 1 is 1.02 bits per heavy atom. The van der Waals surface area contributed by atoms with Gasteiger partial charge >= 0.3 is 0 Å². The molecule has 11 nitrogen and oxygen atoms in total. The zero-order valence-corrected chi connectivity index (χ0v) is 27.0. The molecule has 4 amide bonds. The molecule has 0 spiro atoms. The number of carbonyl (C=O) groups excluding carboxylic acids is 4. The monoisotopic (exact) mass is 670 g/mol. The number of imidazole rings is 1. The Morgan fingerprint density at radius 2 is 1.73 bits per heavy atom. The Bertz CT molecular complexity index is 1810. The molecule has 0 fully saturated rings. The summed E-state index contributed by atoms with van der Waals surface area (Å²) in [6.07, 6.45) is 4.60. The number of benzene rings is 2. The standard InChI is InChI=1S/C31H29Cl3N6O5/c1-18-30(34)39-15-5-6-26(31(39)36-18)45-17-23-24(32)12-13-25(29(23)33)38(4)28(44)16-35-27(43)14-9-21-7-10-22(11-8-21)40(20(3)42)37-19(2)41/h5-15H,16-17H2,1-4H3,(H,35,43)(H,37,41). The second-order valence-electron chi connectivity index (χ2n) is 9.82. The minimum Gasteiger partial charge on any atom is -0.485 e. The maximum Gasteiger partial charge on any atom is 0.246 e. The molecule has 0 saturated carbocycles. The topological polar surface area (TPSA) is 125 Å². The average Bonchev–Trinajstić information content (AvgIpc) is 3.30. The van der Waals surface area contributed by atoms with Crippen LogP contribution in [0.25, 0.3) is 11.7 Å². The number of pyridine rings is 1. The van der Waals surface area contributed by atoms with Gasteiger partial charge in [-0.15, -0.1) is 0 Å². The van der Waals surface area contributed by atoms with Crippen molar-refractivity contribution in [3.05, 3.63) is 92.8 Å². The van der Waals surface area contributed by atoms with Crippen molar-refractivity contribution in [3.8, 4) is 5.75 Å². The average molecular weight is 672 g/mol. The molecule has 4 rings (SSSR count). The van der Waals surface area contributed by atoms with Crippen LogP contribution in [0.15, 0.2) is 60.8 Å². The summed E-state index contributed by atoms with van der Waals surface area (Å²) < 4.78 is 7.71. The molecule has 0 radical (unpaired) electrons. The van der Waals surface area contributed by atoms with Gasteiger partial charge in [-0.25, -0.2) is 9.99 Å². The number of halogens is 3. The lowest BCUT2D eigenvalue weighted by molar-refractivity contribution is -0.123. The molecule has 0 aliphatic rings. The SMILES string of the molecule is CC(=O)NN(C(C)=O)c1ccc(C=CC(=O)NCC(=O)N(C)c2ccc(Cl)c(COc3cccn4c(Cl)c(C)nc34)c2Cl)cc1. The van der Waals surface area contributed by atoms with Crippen molar-refractivity contribution >= 4 is 81.5 Å². The fourth-order valence-electron chi connectivity index (χ4n) is 4.23. The van der Waals surface area contributed by atoms with Gasteiger partial charge in [-0.2, -0.15) is 0 Å². The molecule has 0 aliphatic heterocycles. The molecule has 0 unspecified atom stereocenters. The Kier molecular flexibility index (Phi) is 10.7. The van der Waals surface area contributed by atoms with Crippen LogP contribution in [0.4, 0.5) is 11.4 Å². The van der Waals surface area contributed by atoms with E-state index in [2.05, 4.69) is 15.7 Å². The number of aromatic nitrogens is 2. The molecule has 2 N–H and O–H groups in total. The molecular formula is C31H29Cl3N6O5. The third-order valence-corrected chi connectivity index (χ3v) is 7.80. The Hall–Kier alpha value is -4.58. The van der Waals surface area contributed by atoms with E-state index in [9.17, 15) is 19.2 Å². The number of aryl methyl sites for hydroxylation is 1. The molecule has 2 heterocycles. The van der Waals surface area contributed by atoms with Gasteiger partial charge < -0.3 is 15.0 Å². The quantitative estimate of drug-likeness (QED) is 0.182. The van der Waals surface area contributed by atoms with E-state index in [4.69, 9.17) is 39.5 Å². The normalized spacial score (nSPS) is 11.0. The number of hydrogen-bond acceptors (Lipinski definition) is 6. The first-order valence-corrected chi connectivity index (χ1v) is 14.6. The predicted octanol–water partition coefficient (Wildman–Crippen LogP) is 5.38. The van der Waals surface area contributed by atoms with Crippen molar-refractivity contribution in [1.29, 1.82) is 0 Å². The van der Waals surface area contributed by atoms with Crippen LogP contribution in [0.1, 0.15) is 30.7 Å². The fourth-order valence-corrected chi connectivity index (χ4v) is 5.01. The van der Waals surface area contributed by atoms with Gasteiger partial charge in [0.1, 0.15) is 11.8 Å². The van der Waals surface area contributed by atoms with Crippen molar-refractivity contribution < 1.29 is 23.9 Å². The lowest BCUT2D eigenvalue weighted by Crippen LogP contribution is -2.44. The second-order valence-corrected chi connectivity index (χ2v) is 11.0. The number of rotatable bonds is 9. The second kappa shape index (κ2) is 14.5. The van der Waals surface area contributed by atoms with Gasteiger partial charge in [-0.3, -0.25) is 29.0 Å². The zero-order chi connectivity index (χ0) is 32.8. The van der Waals surface area contributed by atoms with Crippen LogP contribution in [0.5, 0.6) is 5.75 Å². The molecule has 2 aromatic carbocycles. The number of carbonyl (C=O) groups is 4. The van der Waals surface area contributed by atoms with Gasteiger partial charge in [0.2, 0.25) is 23.6 Å². The largest absolute Gasteiger partial charge is 0.485 e. The number of hydrogen-bond donors (Lipinski definition) is 2. The summed E-state index contributed by atoms with van der Waals surface area (Å²) in [5.41, 5.74) is 5.61. The Balaban J connectivity index is 1.37. The van der Waals surface area contributed by atoms with Crippen LogP contribution < -0.4 is 25.4 Å². The molecule has 45 heavy (non-hydrogen) atoms. The summed E-state index contributed by atoms with van der Waals surface area (Å²) in [6.45, 7) is 4.12. The van der Waals surface area contributed by atoms with E-state index in [0.717, 1.165) is 5.01 Å². The Labute approximate surface area is 274 Å². The smallest absolute Gasteiger partial charge is 0.246 e. The van der Waals surface area contributed by atoms with Crippen LogP contribution in [0.2, 0.25) is 15.2 Å². The number of amides is 4. The van der Waals surface area contributed by atoms with Gasteiger partial charge in [-0.05, 0) is 55.0 Å². The third kappa shape index (κ3) is 7.93. The van der Waals surface area contributed by atoms with Gasteiger partial charge in [0.15, 0.2) is 11.4 Å². The third-order valence-electron chi connectivity index (χ3n) is 6.56. The molecular weight excluding hydrogens is 643 g/mol. The molecule has 2 aromatic heterocycles. The van der Waals surface area contributed by atoms with E-state index in [-0.39, 0.29) is 30.0 Å². The summed E-state index contributed by atoms with van der Waals surface area (Å²) >= 11 is 19.4. The van der Waals surface area contributed by atoms with Crippen LogP contribution >= 0.6 is 34.8 Å². The van der Waals surface area contributed by atoms with E-state index < -0.39 is 11.8 Å².